The average Bonchev–Trinajstić information content (AvgIpc) is 2.41. The molecule has 0 saturated heterocycles. The lowest BCUT2D eigenvalue weighted by Crippen LogP contribution is -2.13. The second-order valence-electron chi connectivity index (χ2n) is 4.01. The maximum Gasteiger partial charge on any atom is 0.311 e. The number of halogens is 2. The van der Waals surface area contributed by atoms with Crippen LogP contribution in [-0.2, 0) is 0 Å². The Morgan fingerprint density at radius 1 is 1.33 bits per heavy atom. The molecule has 6 nitrogen and oxygen atoms in total. The first-order valence-electron chi connectivity index (χ1n) is 5.63. The van der Waals surface area contributed by atoms with Gasteiger partial charge >= 0.3 is 5.69 Å². The summed E-state index contributed by atoms with van der Waals surface area (Å²) in [6.45, 7) is 0. The van der Waals surface area contributed by atoms with Crippen LogP contribution in [0.15, 0.2) is 36.4 Å². The van der Waals surface area contributed by atoms with E-state index < -0.39 is 22.3 Å². The molecule has 108 valence electrons. The molecule has 0 spiro atoms. The van der Waals surface area contributed by atoms with E-state index in [0.717, 1.165) is 9.64 Å². The van der Waals surface area contributed by atoms with E-state index in [0.29, 0.717) is 10.7 Å². The highest BCUT2D eigenvalue weighted by Crippen LogP contribution is 2.31. The third-order valence-electron chi connectivity index (χ3n) is 2.64. The van der Waals surface area contributed by atoms with Crippen LogP contribution in [0.25, 0.3) is 0 Å². The molecule has 0 aliphatic carbocycles. The van der Waals surface area contributed by atoms with Crippen molar-refractivity contribution in [1.82, 2.24) is 0 Å². The molecule has 0 aliphatic rings. The van der Waals surface area contributed by atoms with Crippen molar-refractivity contribution in [1.29, 1.82) is 0 Å². The van der Waals surface area contributed by atoms with Crippen LogP contribution >= 0.6 is 34.2 Å². The summed E-state index contributed by atoms with van der Waals surface area (Å²) in [7, 11) is 0. The van der Waals surface area contributed by atoms with Gasteiger partial charge in [0.2, 0.25) is 5.75 Å². The molecule has 2 N–H and O–H groups in total. The number of phenols is 1. The molecule has 0 saturated carbocycles. The van der Waals surface area contributed by atoms with Gasteiger partial charge in [0.1, 0.15) is 0 Å². The number of carbonyl (C=O) groups excluding carboxylic acids is 1. The zero-order valence-corrected chi connectivity index (χ0v) is 13.3. The molecule has 2 aromatic carbocycles. The lowest BCUT2D eigenvalue weighted by atomic mass is 10.1. The van der Waals surface area contributed by atoms with Crippen molar-refractivity contribution in [2.75, 3.05) is 5.32 Å². The number of nitrogens with zero attached hydrogens (tertiary/aromatic N) is 1. The summed E-state index contributed by atoms with van der Waals surface area (Å²) < 4.78 is 0.897. The number of amides is 1. The predicted octanol–water partition coefficient (Wildman–Crippen LogP) is 3.81. The van der Waals surface area contributed by atoms with Gasteiger partial charge in [0.05, 0.1) is 21.2 Å². The quantitative estimate of drug-likeness (QED) is 0.450. The fourth-order valence-corrected chi connectivity index (χ4v) is 2.55. The van der Waals surface area contributed by atoms with E-state index in [4.69, 9.17) is 11.6 Å². The van der Waals surface area contributed by atoms with E-state index in [1.165, 1.54) is 12.1 Å². The topological polar surface area (TPSA) is 92.5 Å². The second-order valence-corrected chi connectivity index (χ2v) is 5.66. The molecule has 2 aromatic rings. The van der Waals surface area contributed by atoms with Crippen molar-refractivity contribution in [3.05, 3.63) is 60.7 Å². The Morgan fingerprint density at radius 2 is 2.05 bits per heavy atom. The Kier molecular flexibility index (Phi) is 4.63. The highest BCUT2D eigenvalue weighted by Gasteiger charge is 2.21. The monoisotopic (exact) mass is 418 g/mol. The SMILES string of the molecule is O=C(Nc1ccc(I)cc1Cl)c1cccc([N+](=O)[O-])c1O. The molecule has 2 rings (SSSR count). The number of nitrogens with one attached hydrogen (secondary N) is 1. The molecular weight excluding hydrogens is 411 g/mol. The van der Waals surface area contributed by atoms with Crippen LogP contribution in [0.3, 0.4) is 0 Å². The number of nitro groups is 1. The minimum atomic E-state index is -0.760. The Hall–Kier alpha value is -1.87. The molecule has 8 heteroatoms. The van der Waals surface area contributed by atoms with Crippen LogP contribution in [0, 0.1) is 13.7 Å². The van der Waals surface area contributed by atoms with E-state index >= 15 is 0 Å². The molecule has 21 heavy (non-hydrogen) atoms. The van der Waals surface area contributed by atoms with Crippen LogP contribution in [0.4, 0.5) is 11.4 Å². The van der Waals surface area contributed by atoms with Crippen molar-refractivity contribution in [3.63, 3.8) is 0 Å². The second kappa shape index (κ2) is 6.27. The van der Waals surface area contributed by atoms with Crippen molar-refractivity contribution in [2.24, 2.45) is 0 Å². The maximum absolute atomic E-state index is 12.1. The minimum Gasteiger partial charge on any atom is -0.502 e. The van der Waals surface area contributed by atoms with Crippen molar-refractivity contribution in [3.8, 4) is 5.75 Å². The number of hydrogen-bond donors (Lipinski definition) is 2. The number of rotatable bonds is 3. The number of hydrogen-bond acceptors (Lipinski definition) is 4. The maximum atomic E-state index is 12.1. The number of anilines is 1. The van der Waals surface area contributed by atoms with Gasteiger partial charge in [0.15, 0.2) is 0 Å². The molecule has 0 unspecified atom stereocenters. The van der Waals surface area contributed by atoms with Crippen molar-refractivity contribution < 1.29 is 14.8 Å². The predicted molar refractivity (Wildman–Crippen MR) is 86.9 cm³/mol. The molecule has 0 aromatic heterocycles. The van der Waals surface area contributed by atoms with Gasteiger partial charge in [-0.15, -0.1) is 0 Å². The van der Waals surface area contributed by atoms with Gasteiger partial charge in [-0.05, 0) is 46.9 Å². The zero-order valence-electron chi connectivity index (χ0n) is 10.3. The van der Waals surface area contributed by atoms with Crippen LogP contribution in [0.1, 0.15) is 10.4 Å². The van der Waals surface area contributed by atoms with Gasteiger partial charge in [-0.2, -0.15) is 0 Å². The summed E-state index contributed by atoms with van der Waals surface area (Å²) >= 11 is 8.06. The number of aromatic hydroxyl groups is 1. The van der Waals surface area contributed by atoms with Gasteiger partial charge in [0, 0.05) is 9.64 Å². The first kappa shape index (κ1) is 15.5. The van der Waals surface area contributed by atoms with Gasteiger partial charge in [-0.25, -0.2) is 0 Å². The highest BCUT2D eigenvalue weighted by atomic mass is 127. The van der Waals surface area contributed by atoms with E-state index in [2.05, 4.69) is 27.9 Å². The normalized spacial score (nSPS) is 10.2. The van der Waals surface area contributed by atoms with Gasteiger partial charge in [-0.1, -0.05) is 17.7 Å². The summed E-state index contributed by atoms with van der Waals surface area (Å²) in [4.78, 5) is 22.1. The Morgan fingerprint density at radius 3 is 2.67 bits per heavy atom. The molecule has 0 heterocycles. The number of carbonyl (C=O) groups is 1. The lowest BCUT2D eigenvalue weighted by molar-refractivity contribution is -0.385. The number of benzene rings is 2. The highest BCUT2D eigenvalue weighted by molar-refractivity contribution is 14.1. The standard InChI is InChI=1S/C13H8ClIN2O4/c14-9-6-7(15)4-5-10(9)16-13(19)8-2-1-3-11(12(8)18)17(20)21/h1-6,18H,(H,16,19). The van der Waals surface area contributed by atoms with Gasteiger partial charge in [0.25, 0.3) is 5.91 Å². The minimum absolute atomic E-state index is 0.196. The zero-order chi connectivity index (χ0) is 15.6. The third kappa shape index (κ3) is 3.42. The van der Waals surface area contributed by atoms with E-state index in [9.17, 15) is 20.0 Å². The van der Waals surface area contributed by atoms with Crippen LogP contribution in [0.5, 0.6) is 5.75 Å². The molecule has 1 amide bonds. The van der Waals surface area contributed by atoms with Gasteiger partial charge in [-0.3, -0.25) is 14.9 Å². The van der Waals surface area contributed by atoms with Crippen LogP contribution < -0.4 is 5.32 Å². The van der Waals surface area contributed by atoms with Crippen molar-refractivity contribution in [2.45, 2.75) is 0 Å². The summed E-state index contributed by atoms with van der Waals surface area (Å²) in [5.74, 6) is -1.36. The molecule has 0 fully saturated rings. The number of para-hydroxylation sites is 1. The van der Waals surface area contributed by atoms with E-state index in [1.54, 1.807) is 18.2 Å². The van der Waals surface area contributed by atoms with Crippen LogP contribution in [0.2, 0.25) is 5.02 Å². The largest absolute Gasteiger partial charge is 0.502 e. The fraction of sp³-hybridized carbons (Fsp3) is 0. The summed E-state index contributed by atoms with van der Waals surface area (Å²) in [6.07, 6.45) is 0. The van der Waals surface area contributed by atoms with E-state index in [-0.39, 0.29) is 5.56 Å². The molecule has 0 radical (unpaired) electrons. The molecule has 0 aliphatic heterocycles. The lowest BCUT2D eigenvalue weighted by Gasteiger charge is -2.08. The smallest absolute Gasteiger partial charge is 0.311 e. The summed E-state index contributed by atoms with van der Waals surface area (Å²) in [5, 5.41) is 23.4. The average molecular weight is 419 g/mol. The first-order valence-corrected chi connectivity index (χ1v) is 7.08. The Balaban J connectivity index is 2.33. The molecular formula is C13H8ClIN2O4. The van der Waals surface area contributed by atoms with Crippen LogP contribution in [-0.4, -0.2) is 15.9 Å². The Bertz CT molecular complexity index is 736. The molecule has 0 bridgehead atoms. The third-order valence-corrected chi connectivity index (χ3v) is 3.62. The number of phenolic OH excluding ortho intramolecular Hbond substituents is 1. The summed E-state index contributed by atoms with van der Waals surface area (Å²) in [6, 6.07) is 8.74. The van der Waals surface area contributed by atoms with Crippen molar-refractivity contribution >= 4 is 51.5 Å². The Labute approximate surface area is 138 Å². The van der Waals surface area contributed by atoms with E-state index in [1.807, 2.05) is 0 Å². The molecule has 0 atom stereocenters. The van der Waals surface area contributed by atoms with Gasteiger partial charge < -0.3 is 10.4 Å². The number of nitro benzene ring substituents is 1. The fourth-order valence-electron chi connectivity index (χ4n) is 1.64. The first-order chi connectivity index (χ1) is 9.90. The summed E-state index contributed by atoms with van der Waals surface area (Å²) in [5.41, 5.74) is -0.372.